The van der Waals surface area contributed by atoms with E-state index in [4.69, 9.17) is 0 Å². The van der Waals surface area contributed by atoms with Crippen LogP contribution < -0.4 is 5.32 Å². The van der Waals surface area contributed by atoms with Crippen molar-refractivity contribution in [1.82, 2.24) is 4.90 Å². The van der Waals surface area contributed by atoms with Gasteiger partial charge in [0, 0.05) is 35.4 Å². The first-order chi connectivity index (χ1) is 14.1. The second-order valence-electron chi connectivity index (χ2n) is 7.73. The Morgan fingerprint density at radius 1 is 0.966 bits per heavy atom. The molecule has 0 atom stereocenters. The van der Waals surface area contributed by atoms with Crippen LogP contribution in [0.5, 0.6) is 0 Å². The van der Waals surface area contributed by atoms with Gasteiger partial charge in [0.25, 0.3) is 5.91 Å². The molecule has 3 aromatic rings. The number of rotatable bonds is 3. The van der Waals surface area contributed by atoms with Gasteiger partial charge < -0.3 is 10.2 Å². The summed E-state index contributed by atoms with van der Waals surface area (Å²) in [6, 6.07) is 18.0. The summed E-state index contributed by atoms with van der Waals surface area (Å²) in [4.78, 5) is 15.2. The largest absolute Gasteiger partial charge is 0.355 e. The zero-order valence-electron chi connectivity index (χ0n) is 17.0. The van der Waals surface area contributed by atoms with Gasteiger partial charge >= 0.3 is 0 Å². The van der Waals surface area contributed by atoms with Crippen LogP contribution >= 0.6 is 0 Å². The Balaban J connectivity index is 1.79. The number of benzene rings is 3. The van der Waals surface area contributed by atoms with Crippen LogP contribution in [0, 0.1) is 25.2 Å². The van der Waals surface area contributed by atoms with Gasteiger partial charge in [-0.05, 0) is 73.9 Å². The van der Waals surface area contributed by atoms with Crippen molar-refractivity contribution in [2.45, 2.75) is 33.1 Å². The smallest absolute Gasteiger partial charge is 0.254 e. The van der Waals surface area contributed by atoms with Gasteiger partial charge in [-0.2, -0.15) is 5.26 Å². The molecule has 146 valence electrons. The van der Waals surface area contributed by atoms with Crippen molar-refractivity contribution in [2.75, 3.05) is 18.4 Å². The van der Waals surface area contributed by atoms with Crippen LogP contribution in [0.1, 0.15) is 46.3 Å². The van der Waals surface area contributed by atoms with Gasteiger partial charge in [0.2, 0.25) is 0 Å². The second kappa shape index (κ2) is 7.97. The van der Waals surface area contributed by atoms with Gasteiger partial charge in [-0.25, -0.2) is 0 Å². The van der Waals surface area contributed by atoms with Crippen LogP contribution in [0.2, 0.25) is 0 Å². The molecule has 0 radical (unpaired) electrons. The Hall–Kier alpha value is -3.32. The summed E-state index contributed by atoms with van der Waals surface area (Å²) in [6.45, 7) is 5.68. The van der Waals surface area contributed by atoms with Crippen LogP contribution in [-0.2, 0) is 0 Å². The summed E-state index contributed by atoms with van der Waals surface area (Å²) in [6.07, 6.45) is 3.36. The molecular formula is C25H25N3O. The van der Waals surface area contributed by atoms with Crippen molar-refractivity contribution in [3.8, 4) is 6.07 Å². The zero-order chi connectivity index (χ0) is 20.4. The minimum Gasteiger partial charge on any atom is -0.355 e. The average molecular weight is 383 g/mol. The predicted octanol–water partition coefficient (Wildman–Crippen LogP) is 5.70. The van der Waals surface area contributed by atoms with E-state index in [2.05, 4.69) is 30.4 Å². The minimum atomic E-state index is 0.123. The van der Waals surface area contributed by atoms with Crippen LogP contribution in [0.3, 0.4) is 0 Å². The highest BCUT2D eigenvalue weighted by atomic mass is 16.2. The molecule has 0 aliphatic carbocycles. The number of nitrogens with zero attached hydrogens (tertiary/aromatic N) is 2. The van der Waals surface area contributed by atoms with E-state index in [9.17, 15) is 10.1 Å². The molecule has 0 bridgehead atoms. The Morgan fingerprint density at radius 3 is 2.48 bits per heavy atom. The third kappa shape index (κ3) is 3.56. The maximum absolute atomic E-state index is 13.2. The van der Waals surface area contributed by atoms with E-state index in [0.29, 0.717) is 5.56 Å². The fourth-order valence-corrected chi connectivity index (χ4v) is 4.18. The standard InChI is InChI=1S/C25H25N3O/c1-17-8-6-10-20-23(27-22-11-7-9-19(16-26)18(22)2)13-12-21(24(17)20)25(29)28-14-4-3-5-15-28/h6-13,27H,3-5,14-15H2,1-2H3. The van der Waals surface area contributed by atoms with Crippen molar-refractivity contribution in [3.63, 3.8) is 0 Å². The molecule has 0 saturated carbocycles. The molecule has 0 unspecified atom stereocenters. The van der Waals surface area contributed by atoms with Gasteiger partial charge in [-0.15, -0.1) is 0 Å². The number of hydrogen-bond acceptors (Lipinski definition) is 3. The highest BCUT2D eigenvalue weighted by Gasteiger charge is 2.21. The number of nitriles is 1. The number of piperidine rings is 1. The summed E-state index contributed by atoms with van der Waals surface area (Å²) >= 11 is 0. The SMILES string of the molecule is Cc1c(C#N)cccc1Nc1ccc(C(=O)N2CCCCC2)c2c(C)cccc12. The first-order valence-corrected chi connectivity index (χ1v) is 10.2. The number of aryl methyl sites for hydroxylation is 1. The molecule has 1 heterocycles. The lowest BCUT2D eigenvalue weighted by atomic mass is 9.96. The van der Waals surface area contributed by atoms with Crippen molar-refractivity contribution < 1.29 is 4.79 Å². The average Bonchev–Trinajstić information content (AvgIpc) is 2.76. The van der Waals surface area contributed by atoms with Gasteiger partial charge in [0.05, 0.1) is 11.6 Å². The van der Waals surface area contributed by atoms with E-state index >= 15 is 0 Å². The number of nitrogens with one attached hydrogen (secondary N) is 1. The third-order valence-corrected chi connectivity index (χ3v) is 5.85. The van der Waals surface area contributed by atoms with Crippen molar-refractivity contribution in [3.05, 3.63) is 70.8 Å². The molecule has 1 saturated heterocycles. The number of carbonyl (C=O) groups is 1. The van der Waals surface area contributed by atoms with Crippen LogP contribution in [0.25, 0.3) is 10.8 Å². The number of likely N-dealkylation sites (tertiary alicyclic amines) is 1. The first kappa shape index (κ1) is 19.0. The number of fused-ring (bicyclic) bond motifs is 1. The number of amides is 1. The Bertz CT molecular complexity index is 1120. The molecule has 4 heteroatoms. The number of hydrogen-bond donors (Lipinski definition) is 1. The summed E-state index contributed by atoms with van der Waals surface area (Å²) in [5.74, 6) is 0.123. The van der Waals surface area contributed by atoms with Gasteiger partial charge in [-0.1, -0.05) is 24.3 Å². The van der Waals surface area contributed by atoms with E-state index in [1.54, 1.807) is 0 Å². The van der Waals surface area contributed by atoms with E-state index in [0.717, 1.165) is 64.8 Å². The highest BCUT2D eigenvalue weighted by Crippen LogP contribution is 2.33. The van der Waals surface area contributed by atoms with E-state index in [1.807, 2.05) is 48.2 Å². The van der Waals surface area contributed by atoms with Crippen LogP contribution in [0.4, 0.5) is 11.4 Å². The highest BCUT2D eigenvalue weighted by molar-refractivity contribution is 6.12. The Kier molecular flexibility index (Phi) is 5.22. The molecule has 3 aromatic carbocycles. The molecule has 4 rings (SSSR count). The molecule has 1 N–H and O–H groups in total. The fraction of sp³-hybridized carbons (Fsp3) is 0.280. The van der Waals surface area contributed by atoms with Gasteiger partial charge in [0.1, 0.15) is 0 Å². The molecule has 1 amide bonds. The molecule has 1 aliphatic heterocycles. The van der Waals surface area contributed by atoms with Crippen molar-refractivity contribution >= 4 is 28.1 Å². The summed E-state index contributed by atoms with van der Waals surface area (Å²) in [5.41, 5.74) is 5.29. The topological polar surface area (TPSA) is 56.1 Å². The van der Waals surface area contributed by atoms with Crippen molar-refractivity contribution in [1.29, 1.82) is 5.26 Å². The summed E-state index contributed by atoms with van der Waals surface area (Å²) < 4.78 is 0. The van der Waals surface area contributed by atoms with E-state index in [1.165, 1.54) is 6.42 Å². The maximum atomic E-state index is 13.2. The minimum absolute atomic E-state index is 0.123. The third-order valence-electron chi connectivity index (χ3n) is 5.85. The number of carbonyl (C=O) groups excluding carboxylic acids is 1. The second-order valence-corrected chi connectivity index (χ2v) is 7.73. The quantitative estimate of drug-likeness (QED) is 0.631. The first-order valence-electron chi connectivity index (χ1n) is 10.2. The summed E-state index contributed by atoms with van der Waals surface area (Å²) in [5, 5.41) is 14.8. The molecule has 0 spiro atoms. The molecule has 29 heavy (non-hydrogen) atoms. The molecule has 1 fully saturated rings. The normalized spacial score (nSPS) is 13.9. The maximum Gasteiger partial charge on any atom is 0.254 e. The van der Waals surface area contributed by atoms with Crippen molar-refractivity contribution in [2.24, 2.45) is 0 Å². The Morgan fingerprint density at radius 2 is 1.72 bits per heavy atom. The Labute approximate surface area is 171 Å². The fourth-order valence-electron chi connectivity index (χ4n) is 4.18. The van der Waals surface area contributed by atoms with Crippen LogP contribution in [0.15, 0.2) is 48.5 Å². The molecule has 1 aliphatic rings. The van der Waals surface area contributed by atoms with Crippen LogP contribution in [-0.4, -0.2) is 23.9 Å². The van der Waals surface area contributed by atoms with E-state index in [-0.39, 0.29) is 5.91 Å². The lowest BCUT2D eigenvalue weighted by Crippen LogP contribution is -2.35. The number of anilines is 2. The van der Waals surface area contributed by atoms with E-state index < -0.39 is 0 Å². The lowest BCUT2D eigenvalue weighted by molar-refractivity contribution is 0.0726. The predicted molar refractivity (Wildman–Crippen MR) is 118 cm³/mol. The van der Waals surface area contributed by atoms with Gasteiger partial charge in [0.15, 0.2) is 0 Å². The molecular weight excluding hydrogens is 358 g/mol. The zero-order valence-corrected chi connectivity index (χ0v) is 17.0. The van der Waals surface area contributed by atoms with Gasteiger partial charge in [-0.3, -0.25) is 4.79 Å². The molecule has 0 aromatic heterocycles. The monoisotopic (exact) mass is 383 g/mol. The lowest BCUT2D eigenvalue weighted by Gasteiger charge is -2.27. The summed E-state index contributed by atoms with van der Waals surface area (Å²) in [7, 11) is 0. The molecule has 4 nitrogen and oxygen atoms in total.